The van der Waals surface area contributed by atoms with Crippen molar-refractivity contribution >= 4 is 18.0 Å². The van der Waals surface area contributed by atoms with Crippen molar-refractivity contribution in [1.29, 1.82) is 0 Å². The predicted molar refractivity (Wildman–Crippen MR) is 59.8 cm³/mol. The highest BCUT2D eigenvalue weighted by atomic mass is 32.2. The van der Waals surface area contributed by atoms with Gasteiger partial charge in [0.05, 0.1) is 0 Å². The van der Waals surface area contributed by atoms with Crippen LogP contribution in [-0.2, 0) is 0 Å². The molecule has 0 unspecified atom stereocenters. The van der Waals surface area contributed by atoms with Gasteiger partial charge in [-0.3, -0.25) is 4.79 Å². The lowest BCUT2D eigenvalue weighted by molar-refractivity contribution is 0.112. The number of hydrogen-bond acceptors (Lipinski definition) is 3. The molecule has 76 valence electrons. The van der Waals surface area contributed by atoms with Crippen LogP contribution in [0.1, 0.15) is 31.1 Å². The molecule has 0 radical (unpaired) electrons. The largest absolute Gasteiger partial charge is 0.298 e. The van der Waals surface area contributed by atoms with Gasteiger partial charge in [0.25, 0.3) is 0 Å². The molecular formula is C11H15NOS. The van der Waals surface area contributed by atoms with Gasteiger partial charge in [-0.25, -0.2) is 4.98 Å². The smallest absolute Gasteiger partial charge is 0.152 e. The number of aldehydes is 1. The van der Waals surface area contributed by atoms with E-state index in [1.54, 1.807) is 30.1 Å². The Bertz CT molecular complexity index is 317. The zero-order chi connectivity index (χ0) is 10.6. The number of rotatable bonds is 3. The number of nitrogens with zero attached hydrogens (tertiary/aromatic N) is 1. The molecule has 1 heterocycles. The van der Waals surface area contributed by atoms with E-state index in [1.807, 2.05) is 0 Å². The second-order valence-corrected chi connectivity index (χ2v) is 5.33. The summed E-state index contributed by atoms with van der Waals surface area (Å²) in [7, 11) is 0. The molecule has 0 spiro atoms. The van der Waals surface area contributed by atoms with Crippen LogP contribution in [-0.4, -0.2) is 17.0 Å². The summed E-state index contributed by atoms with van der Waals surface area (Å²) in [6.07, 6.45) is 2.58. The van der Waals surface area contributed by atoms with Crippen LogP contribution in [0.3, 0.4) is 0 Å². The van der Waals surface area contributed by atoms with Gasteiger partial charge in [-0.1, -0.05) is 20.8 Å². The molecule has 0 aliphatic carbocycles. The van der Waals surface area contributed by atoms with E-state index in [2.05, 4.69) is 25.8 Å². The number of aromatic nitrogens is 1. The molecular weight excluding hydrogens is 194 g/mol. The monoisotopic (exact) mass is 209 g/mol. The summed E-state index contributed by atoms with van der Waals surface area (Å²) in [6.45, 7) is 6.51. The van der Waals surface area contributed by atoms with Crippen molar-refractivity contribution < 1.29 is 4.79 Å². The Hall–Kier alpha value is -0.830. The van der Waals surface area contributed by atoms with Crippen molar-refractivity contribution in [2.75, 3.05) is 5.75 Å². The SMILES string of the molecule is CC(C)(C)CSc1ncccc1C=O. The summed E-state index contributed by atoms with van der Waals surface area (Å²) >= 11 is 1.64. The molecule has 3 heteroatoms. The van der Waals surface area contributed by atoms with Crippen molar-refractivity contribution in [3.05, 3.63) is 23.9 Å². The van der Waals surface area contributed by atoms with Gasteiger partial charge in [0.15, 0.2) is 6.29 Å². The zero-order valence-corrected chi connectivity index (χ0v) is 9.60. The number of pyridine rings is 1. The molecule has 0 atom stereocenters. The van der Waals surface area contributed by atoms with Gasteiger partial charge >= 0.3 is 0 Å². The highest BCUT2D eigenvalue weighted by Crippen LogP contribution is 2.26. The summed E-state index contributed by atoms with van der Waals surface area (Å²) < 4.78 is 0. The van der Waals surface area contributed by atoms with E-state index in [-0.39, 0.29) is 5.41 Å². The van der Waals surface area contributed by atoms with Gasteiger partial charge in [-0.05, 0) is 17.5 Å². The van der Waals surface area contributed by atoms with Gasteiger partial charge in [-0.15, -0.1) is 11.8 Å². The van der Waals surface area contributed by atoms with Crippen LogP contribution in [0.5, 0.6) is 0 Å². The van der Waals surface area contributed by atoms with E-state index < -0.39 is 0 Å². The Morgan fingerprint density at radius 2 is 2.21 bits per heavy atom. The maximum absolute atomic E-state index is 10.7. The van der Waals surface area contributed by atoms with Crippen LogP contribution < -0.4 is 0 Å². The molecule has 0 amide bonds. The van der Waals surface area contributed by atoms with Crippen LogP contribution in [0.25, 0.3) is 0 Å². The average Bonchev–Trinajstić information content (AvgIpc) is 2.14. The Kier molecular flexibility index (Phi) is 3.69. The van der Waals surface area contributed by atoms with E-state index in [0.717, 1.165) is 17.1 Å². The second kappa shape index (κ2) is 4.60. The molecule has 1 rings (SSSR count). The van der Waals surface area contributed by atoms with Crippen LogP contribution in [0.2, 0.25) is 0 Å². The van der Waals surface area contributed by atoms with Crippen molar-refractivity contribution in [3.63, 3.8) is 0 Å². The fourth-order valence-electron chi connectivity index (χ4n) is 0.898. The van der Waals surface area contributed by atoms with E-state index >= 15 is 0 Å². The normalized spacial score (nSPS) is 11.4. The summed E-state index contributed by atoms with van der Waals surface area (Å²) in [5.74, 6) is 0.963. The summed E-state index contributed by atoms with van der Waals surface area (Å²) in [4.78, 5) is 14.9. The topological polar surface area (TPSA) is 30.0 Å². The molecule has 0 aromatic carbocycles. The van der Waals surface area contributed by atoms with Crippen molar-refractivity contribution in [2.24, 2.45) is 5.41 Å². The molecule has 0 bridgehead atoms. The Morgan fingerprint density at radius 3 is 2.79 bits per heavy atom. The third-order valence-electron chi connectivity index (χ3n) is 1.57. The third-order valence-corrected chi connectivity index (χ3v) is 3.19. The Balaban J connectivity index is 2.71. The Labute approximate surface area is 89.1 Å². The average molecular weight is 209 g/mol. The quantitative estimate of drug-likeness (QED) is 0.566. The summed E-state index contributed by atoms with van der Waals surface area (Å²) in [5.41, 5.74) is 0.934. The van der Waals surface area contributed by atoms with Gasteiger partial charge < -0.3 is 0 Å². The maximum atomic E-state index is 10.7. The van der Waals surface area contributed by atoms with Gasteiger partial charge in [0, 0.05) is 17.5 Å². The first-order valence-electron chi connectivity index (χ1n) is 4.56. The first-order chi connectivity index (χ1) is 6.53. The first kappa shape index (κ1) is 11.2. The van der Waals surface area contributed by atoms with E-state index in [1.165, 1.54) is 0 Å². The number of carbonyl (C=O) groups is 1. The number of carbonyl (C=O) groups excluding carboxylic acids is 1. The molecule has 0 N–H and O–H groups in total. The van der Waals surface area contributed by atoms with E-state index in [4.69, 9.17) is 0 Å². The lowest BCUT2D eigenvalue weighted by Crippen LogP contribution is -2.08. The third kappa shape index (κ3) is 3.50. The van der Waals surface area contributed by atoms with Crippen LogP contribution in [0.4, 0.5) is 0 Å². The summed E-state index contributed by atoms with van der Waals surface area (Å²) in [6, 6.07) is 3.58. The highest BCUT2D eigenvalue weighted by Gasteiger charge is 2.12. The van der Waals surface area contributed by atoms with Crippen LogP contribution in [0.15, 0.2) is 23.4 Å². The van der Waals surface area contributed by atoms with Crippen molar-refractivity contribution in [2.45, 2.75) is 25.8 Å². The minimum atomic E-state index is 0.252. The molecule has 14 heavy (non-hydrogen) atoms. The second-order valence-electron chi connectivity index (χ2n) is 4.36. The van der Waals surface area contributed by atoms with Gasteiger partial charge in [-0.2, -0.15) is 0 Å². The van der Waals surface area contributed by atoms with Gasteiger partial charge in [0.1, 0.15) is 5.03 Å². The molecule has 0 aliphatic rings. The minimum Gasteiger partial charge on any atom is -0.298 e. The minimum absolute atomic E-state index is 0.252. The highest BCUT2D eigenvalue weighted by molar-refractivity contribution is 7.99. The standard InChI is InChI=1S/C11H15NOS/c1-11(2,3)8-14-10-9(7-13)5-4-6-12-10/h4-7H,8H2,1-3H3. The molecule has 2 nitrogen and oxygen atoms in total. The molecule has 0 aliphatic heterocycles. The van der Waals surface area contributed by atoms with Crippen LogP contribution >= 0.6 is 11.8 Å². The summed E-state index contributed by atoms with van der Waals surface area (Å²) in [5, 5.41) is 0.831. The Morgan fingerprint density at radius 1 is 1.50 bits per heavy atom. The number of hydrogen-bond donors (Lipinski definition) is 0. The maximum Gasteiger partial charge on any atom is 0.152 e. The lowest BCUT2D eigenvalue weighted by Gasteiger charge is -2.17. The zero-order valence-electron chi connectivity index (χ0n) is 8.78. The predicted octanol–water partition coefficient (Wildman–Crippen LogP) is 3.03. The molecule has 0 saturated heterocycles. The van der Waals surface area contributed by atoms with Gasteiger partial charge in [0.2, 0.25) is 0 Å². The van der Waals surface area contributed by atoms with E-state index in [9.17, 15) is 4.79 Å². The van der Waals surface area contributed by atoms with E-state index in [0.29, 0.717) is 5.56 Å². The number of thioether (sulfide) groups is 1. The molecule has 0 saturated carbocycles. The lowest BCUT2D eigenvalue weighted by atomic mass is 10.0. The first-order valence-corrected chi connectivity index (χ1v) is 5.54. The molecule has 1 aromatic heterocycles. The van der Waals surface area contributed by atoms with Crippen LogP contribution in [0, 0.1) is 5.41 Å². The fraction of sp³-hybridized carbons (Fsp3) is 0.455. The molecule has 1 aromatic rings. The van der Waals surface area contributed by atoms with Crippen molar-refractivity contribution in [1.82, 2.24) is 4.98 Å². The molecule has 0 fully saturated rings. The van der Waals surface area contributed by atoms with Crippen molar-refractivity contribution in [3.8, 4) is 0 Å². The fourth-order valence-corrected chi connectivity index (χ4v) is 1.89.